The van der Waals surface area contributed by atoms with Gasteiger partial charge in [0.1, 0.15) is 11.6 Å². The van der Waals surface area contributed by atoms with Crippen LogP contribution in [0.3, 0.4) is 0 Å². The normalized spacial score (nSPS) is 12.8. The molecule has 0 radical (unpaired) electrons. The van der Waals surface area contributed by atoms with Crippen molar-refractivity contribution >= 4 is 21.6 Å². The summed E-state index contributed by atoms with van der Waals surface area (Å²) in [7, 11) is 0. The molecule has 0 aliphatic heterocycles. The fourth-order valence-corrected chi connectivity index (χ4v) is 1.89. The number of azo groups is 1. The van der Waals surface area contributed by atoms with Gasteiger partial charge in [-0.15, -0.1) is 0 Å². The Balaban J connectivity index is 2.21. The van der Waals surface area contributed by atoms with E-state index in [-0.39, 0.29) is 5.56 Å². The average molecular weight is 325 g/mol. The monoisotopic (exact) mass is 324 g/mol. The number of hydrogen-bond donors (Lipinski definition) is 0. The number of nitrogens with zero attached hydrogens (tertiary/aromatic N) is 2. The molecule has 0 heterocycles. The summed E-state index contributed by atoms with van der Waals surface area (Å²) in [4.78, 5) is 0. The Labute approximate surface area is 118 Å². The Hall–Kier alpha value is -1.62. The first-order chi connectivity index (χ1) is 9.08. The molecule has 5 heteroatoms. The van der Waals surface area contributed by atoms with Crippen LogP contribution in [-0.4, -0.2) is 0 Å². The molecular formula is C14H11BrF2N2. The minimum absolute atomic E-state index is 0.0663. The van der Waals surface area contributed by atoms with Gasteiger partial charge >= 0.3 is 0 Å². The summed E-state index contributed by atoms with van der Waals surface area (Å²) >= 11 is 3.31. The Morgan fingerprint density at radius 3 is 2.16 bits per heavy atom. The summed E-state index contributed by atoms with van der Waals surface area (Å²) in [5.74, 6) is -1.22. The molecule has 98 valence electrons. The number of halogens is 3. The van der Waals surface area contributed by atoms with E-state index in [0.29, 0.717) is 5.69 Å². The highest BCUT2D eigenvalue weighted by Crippen LogP contribution is 2.25. The molecule has 0 saturated carbocycles. The minimum atomic E-state index is -0.676. The maximum absolute atomic E-state index is 13.5. The molecule has 2 nitrogen and oxygen atoms in total. The zero-order valence-electron chi connectivity index (χ0n) is 10.1. The topological polar surface area (TPSA) is 24.7 Å². The van der Waals surface area contributed by atoms with Gasteiger partial charge in [-0.1, -0.05) is 22.0 Å². The van der Waals surface area contributed by atoms with Crippen LogP contribution in [0.1, 0.15) is 18.5 Å². The van der Waals surface area contributed by atoms with Gasteiger partial charge < -0.3 is 0 Å². The van der Waals surface area contributed by atoms with Gasteiger partial charge in [-0.3, -0.25) is 0 Å². The van der Waals surface area contributed by atoms with E-state index in [1.165, 1.54) is 18.2 Å². The van der Waals surface area contributed by atoms with Gasteiger partial charge in [0.05, 0.1) is 11.7 Å². The fraction of sp³-hybridized carbons (Fsp3) is 0.143. The molecule has 19 heavy (non-hydrogen) atoms. The highest BCUT2D eigenvalue weighted by molar-refractivity contribution is 9.10. The van der Waals surface area contributed by atoms with Gasteiger partial charge in [0.15, 0.2) is 0 Å². The van der Waals surface area contributed by atoms with E-state index in [1.807, 2.05) is 12.1 Å². The summed E-state index contributed by atoms with van der Waals surface area (Å²) < 4.78 is 28.0. The fourth-order valence-electron chi connectivity index (χ4n) is 1.63. The van der Waals surface area contributed by atoms with Gasteiger partial charge in [-0.2, -0.15) is 10.2 Å². The molecule has 1 unspecified atom stereocenters. The van der Waals surface area contributed by atoms with Crippen LogP contribution in [0.5, 0.6) is 0 Å². The number of hydrogen-bond acceptors (Lipinski definition) is 2. The van der Waals surface area contributed by atoms with Gasteiger partial charge in [0.2, 0.25) is 0 Å². The van der Waals surface area contributed by atoms with E-state index < -0.39 is 17.7 Å². The minimum Gasteiger partial charge on any atom is -0.207 e. The van der Waals surface area contributed by atoms with Crippen molar-refractivity contribution in [2.75, 3.05) is 0 Å². The SMILES string of the molecule is CC(N=Nc1ccc(Br)cc1)c1c(F)cccc1F. The summed E-state index contributed by atoms with van der Waals surface area (Å²) in [6.07, 6.45) is 0. The smallest absolute Gasteiger partial charge is 0.131 e. The third-order valence-corrected chi connectivity index (χ3v) is 3.12. The van der Waals surface area contributed by atoms with Crippen LogP contribution in [0, 0.1) is 11.6 Å². The van der Waals surface area contributed by atoms with Crippen molar-refractivity contribution in [1.82, 2.24) is 0 Å². The zero-order valence-corrected chi connectivity index (χ0v) is 11.7. The van der Waals surface area contributed by atoms with Crippen molar-refractivity contribution in [3.8, 4) is 0 Å². The van der Waals surface area contributed by atoms with Gasteiger partial charge in [-0.25, -0.2) is 8.78 Å². The molecule has 0 aromatic heterocycles. The van der Waals surface area contributed by atoms with E-state index in [2.05, 4.69) is 26.2 Å². The predicted molar refractivity (Wildman–Crippen MR) is 73.4 cm³/mol. The van der Waals surface area contributed by atoms with Crippen LogP contribution >= 0.6 is 15.9 Å². The highest BCUT2D eigenvalue weighted by atomic mass is 79.9. The molecule has 1 atom stereocenters. The van der Waals surface area contributed by atoms with Crippen molar-refractivity contribution in [3.05, 3.63) is 64.1 Å². The van der Waals surface area contributed by atoms with Crippen LogP contribution in [-0.2, 0) is 0 Å². The van der Waals surface area contributed by atoms with Crippen LogP contribution in [0.4, 0.5) is 14.5 Å². The predicted octanol–water partition coefficient (Wildman–Crippen LogP) is 5.57. The second-order valence-corrected chi connectivity index (χ2v) is 4.92. The van der Waals surface area contributed by atoms with Crippen LogP contribution in [0.2, 0.25) is 0 Å². The Morgan fingerprint density at radius 2 is 1.58 bits per heavy atom. The first kappa shape index (κ1) is 13.8. The van der Waals surface area contributed by atoms with E-state index in [0.717, 1.165) is 4.47 Å². The molecule has 0 spiro atoms. The standard InChI is InChI=1S/C14H11BrF2N2/c1-9(14-12(16)3-2-4-13(14)17)18-19-11-7-5-10(15)6-8-11/h2-9H,1H3. The first-order valence-corrected chi connectivity index (χ1v) is 6.47. The quantitative estimate of drug-likeness (QED) is 0.659. The Kier molecular flexibility index (Phi) is 4.37. The number of benzene rings is 2. The van der Waals surface area contributed by atoms with Crippen LogP contribution < -0.4 is 0 Å². The molecule has 0 fully saturated rings. The van der Waals surface area contributed by atoms with E-state index in [9.17, 15) is 8.78 Å². The molecule has 2 rings (SSSR count). The maximum atomic E-state index is 13.5. The molecule has 0 aliphatic rings. The van der Waals surface area contributed by atoms with Crippen LogP contribution in [0.25, 0.3) is 0 Å². The molecule has 0 aliphatic carbocycles. The molecule has 0 N–H and O–H groups in total. The third-order valence-electron chi connectivity index (χ3n) is 2.59. The zero-order chi connectivity index (χ0) is 13.8. The van der Waals surface area contributed by atoms with Gasteiger partial charge in [-0.05, 0) is 43.3 Å². The second kappa shape index (κ2) is 6.02. The molecule has 0 amide bonds. The lowest BCUT2D eigenvalue weighted by atomic mass is 10.1. The maximum Gasteiger partial charge on any atom is 0.131 e. The molecular weight excluding hydrogens is 314 g/mol. The van der Waals surface area contributed by atoms with E-state index >= 15 is 0 Å². The van der Waals surface area contributed by atoms with E-state index in [4.69, 9.17) is 0 Å². The molecule has 0 bridgehead atoms. The number of rotatable bonds is 3. The lowest BCUT2D eigenvalue weighted by molar-refractivity contribution is 0.532. The Morgan fingerprint density at radius 1 is 1.00 bits per heavy atom. The molecule has 0 saturated heterocycles. The average Bonchev–Trinajstić information content (AvgIpc) is 2.38. The summed E-state index contributed by atoms with van der Waals surface area (Å²) in [5, 5.41) is 7.92. The van der Waals surface area contributed by atoms with Gasteiger partial charge in [0, 0.05) is 10.0 Å². The third kappa shape index (κ3) is 3.44. The van der Waals surface area contributed by atoms with Crippen molar-refractivity contribution in [1.29, 1.82) is 0 Å². The van der Waals surface area contributed by atoms with Crippen molar-refractivity contribution in [2.24, 2.45) is 10.2 Å². The summed E-state index contributed by atoms with van der Waals surface area (Å²) in [5.41, 5.74) is 0.565. The summed E-state index contributed by atoms with van der Waals surface area (Å²) in [6.45, 7) is 1.60. The lowest BCUT2D eigenvalue weighted by Gasteiger charge is -2.07. The lowest BCUT2D eigenvalue weighted by Crippen LogP contribution is -1.98. The highest BCUT2D eigenvalue weighted by Gasteiger charge is 2.15. The van der Waals surface area contributed by atoms with Gasteiger partial charge in [0.25, 0.3) is 0 Å². The second-order valence-electron chi connectivity index (χ2n) is 4.00. The largest absolute Gasteiger partial charge is 0.207 e. The van der Waals surface area contributed by atoms with Crippen molar-refractivity contribution in [3.63, 3.8) is 0 Å². The summed E-state index contributed by atoms with van der Waals surface area (Å²) in [6, 6.07) is 10.2. The van der Waals surface area contributed by atoms with Crippen molar-refractivity contribution < 1.29 is 8.78 Å². The van der Waals surface area contributed by atoms with Crippen LogP contribution in [0.15, 0.2) is 57.2 Å². The van der Waals surface area contributed by atoms with Crippen molar-refractivity contribution in [2.45, 2.75) is 13.0 Å². The van der Waals surface area contributed by atoms with E-state index in [1.54, 1.807) is 19.1 Å². The first-order valence-electron chi connectivity index (χ1n) is 5.68. The molecule has 2 aromatic carbocycles. The molecule has 2 aromatic rings. The Bertz CT molecular complexity index is 577.